The monoisotopic (exact) mass is 296 g/mol. The van der Waals surface area contributed by atoms with E-state index >= 15 is 0 Å². The van der Waals surface area contributed by atoms with Crippen LogP contribution >= 0.6 is 0 Å². The molecule has 1 saturated heterocycles. The predicted molar refractivity (Wildman–Crippen MR) is 76.6 cm³/mol. The van der Waals surface area contributed by atoms with Crippen molar-refractivity contribution in [3.05, 3.63) is 0 Å². The first-order valence-electron chi connectivity index (χ1n) is 7.81. The summed E-state index contributed by atoms with van der Waals surface area (Å²) in [5.74, 6) is -1.06. The maximum Gasteiger partial charge on any atom is 0.310 e. The average molecular weight is 296 g/mol. The molecule has 1 atom stereocenters. The van der Waals surface area contributed by atoms with Crippen LogP contribution in [0.2, 0.25) is 0 Å². The van der Waals surface area contributed by atoms with Crippen LogP contribution in [0.5, 0.6) is 0 Å². The summed E-state index contributed by atoms with van der Waals surface area (Å²) in [5.41, 5.74) is -0.903. The number of nitrogens with one attached hydrogen (secondary N) is 2. The molecule has 0 aromatic heterocycles. The fourth-order valence-electron chi connectivity index (χ4n) is 3.31. The Balaban J connectivity index is 1.86. The van der Waals surface area contributed by atoms with Gasteiger partial charge in [-0.15, -0.1) is 0 Å². The van der Waals surface area contributed by atoms with Crippen molar-refractivity contribution < 1.29 is 19.5 Å². The van der Waals surface area contributed by atoms with Gasteiger partial charge in [-0.2, -0.15) is 0 Å². The van der Waals surface area contributed by atoms with E-state index in [0.717, 1.165) is 32.1 Å². The number of carboxylic acids is 1. The summed E-state index contributed by atoms with van der Waals surface area (Å²) < 4.78 is 0. The second-order valence-corrected chi connectivity index (χ2v) is 6.28. The standard InChI is InChI=1S/C15H24N2O4/c18-12-6-5-11(17-12)10-16-13(19)9-15(14(20)21)7-3-1-2-4-8-15/h11H,1-10H2,(H,16,19)(H,17,18)(H,20,21). The molecular formula is C15H24N2O4. The summed E-state index contributed by atoms with van der Waals surface area (Å²) in [6.07, 6.45) is 6.27. The number of aliphatic carboxylic acids is 1. The normalized spacial score (nSPS) is 25.0. The maximum absolute atomic E-state index is 12.1. The van der Waals surface area contributed by atoms with Gasteiger partial charge in [0.1, 0.15) is 0 Å². The Bertz CT molecular complexity index is 414. The van der Waals surface area contributed by atoms with Crippen LogP contribution in [0.15, 0.2) is 0 Å². The van der Waals surface area contributed by atoms with Gasteiger partial charge in [0.25, 0.3) is 0 Å². The predicted octanol–water partition coefficient (Wildman–Crippen LogP) is 1.20. The van der Waals surface area contributed by atoms with Gasteiger partial charge < -0.3 is 15.7 Å². The third-order valence-electron chi connectivity index (χ3n) is 4.64. The van der Waals surface area contributed by atoms with Crippen LogP contribution in [0.3, 0.4) is 0 Å². The van der Waals surface area contributed by atoms with Crippen molar-refractivity contribution in [2.45, 2.75) is 63.8 Å². The minimum absolute atomic E-state index is 0.0139. The first-order chi connectivity index (χ1) is 10.0. The van der Waals surface area contributed by atoms with Crippen molar-refractivity contribution in [1.29, 1.82) is 0 Å². The summed E-state index contributed by atoms with van der Waals surface area (Å²) in [6.45, 7) is 0.389. The van der Waals surface area contributed by atoms with E-state index in [4.69, 9.17) is 0 Å². The molecular weight excluding hydrogens is 272 g/mol. The smallest absolute Gasteiger partial charge is 0.310 e. The van der Waals surface area contributed by atoms with Crippen LogP contribution in [0.25, 0.3) is 0 Å². The zero-order chi connectivity index (χ0) is 15.3. The van der Waals surface area contributed by atoms with Gasteiger partial charge in [-0.1, -0.05) is 25.7 Å². The Morgan fingerprint density at radius 2 is 1.90 bits per heavy atom. The Kier molecular flexibility index (Phi) is 5.20. The topological polar surface area (TPSA) is 95.5 Å². The first-order valence-corrected chi connectivity index (χ1v) is 7.81. The number of hydrogen-bond acceptors (Lipinski definition) is 3. The van der Waals surface area contributed by atoms with E-state index in [-0.39, 0.29) is 24.3 Å². The summed E-state index contributed by atoms with van der Waals surface area (Å²) in [7, 11) is 0. The maximum atomic E-state index is 12.1. The third-order valence-corrected chi connectivity index (χ3v) is 4.64. The Morgan fingerprint density at radius 3 is 2.43 bits per heavy atom. The van der Waals surface area contributed by atoms with Crippen LogP contribution < -0.4 is 10.6 Å². The summed E-state index contributed by atoms with van der Waals surface area (Å²) in [6, 6.07) is -0.0173. The Labute approximate surface area is 124 Å². The SMILES string of the molecule is O=C(CC1(C(=O)O)CCCCCC1)NCC1CCC(=O)N1. The van der Waals surface area contributed by atoms with Gasteiger partial charge in [0.05, 0.1) is 5.41 Å². The van der Waals surface area contributed by atoms with Gasteiger partial charge in [-0.3, -0.25) is 14.4 Å². The van der Waals surface area contributed by atoms with Crippen molar-refractivity contribution >= 4 is 17.8 Å². The van der Waals surface area contributed by atoms with Gasteiger partial charge in [0, 0.05) is 25.4 Å². The molecule has 0 spiro atoms. The molecule has 118 valence electrons. The van der Waals surface area contributed by atoms with E-state index in [2.05, 4.69) is 10.6 Å². The van der Waals surface area contributed by atoms with Crippen LogP contribution in [0, 0.1) is 5.41 Å². The number of carbonyl (C=O) groups is 3. The average Bonchev–Trinajstić information content (AvgIpc) is 2.71. The highest BCUT2D eigenvalue weighted by Gasteiger charge is 2.40. The minimum atomic E-state index is -0.903. The minimum Gasteiger partial charge on any atom is -0.481 e. The zero-order valence-electron chi connectivity index (χ0n) is 12.3. The largest absolute Gasteiger partial charge is 0.481 e. The number of carboxylic acid groups (broad SMARTS) is 1. The van der Waals surface area contributed by atoms with E-state index < -0.39 is 11.4 Å². The van der Waals surface area contributed by atoms with Crippen LogP contribution in [-0.2, 0) is 14.4 Å². The molecule has 0 bridgehead atoms. The molecule has 2 aliphatic rings. The fraction of sp³-hybridized carbons (Fsp3) is 0.800. The van der Waals surface area contributed by atoms with Crippen LogP contribution in [-0.4, -0.2) is 35.5 Å². The molecule has 0 aromatic rings. The quantitative estimate of drug-likeness (QED) is 0.664. The van der Waals surface area contributed by atoms with Gasteiger partial charge in [-0.25, -0.2) is 0 Å². The van der Waals surface area contributed by atoms with Crippen LogP contribution in [0.1, 0.15) is 57.8 Å². The molecule has 0 radical (unpaired) electrons. The number of amides is 2. The summed E-state index contributed by atoms with van der Waals surface area (Å²) >= 11 is 0. The highest BCUT2D eigenvalue weighted by molar-refractivity contribution is 5.85. The molecule has 2 amide bonds. The molecule has 0 aromatic carbocycles. The van der Waals surface area contributed by atoms with E-state index in [1.54, 1.807) is 0 Å². The number of hydrogen-bond donors (Lipinski definition) is 3. The molecule has 21 heavy (non-hydrogen) atoms. The lowest BCUT2D eigenvalue weighted by molar-refractivity contribution is -0.152. The summed E-state index contributed by atoms with van der Waals surface area (Å²) in [5, 5.41) is 15.1. The molecule has 6 heteroatoms. The van der Waals surface area contributed by atoms with E-state index in [1.165, 1.54) is 0 Å². The highest BCUT2D eigenvalue weighted by Crippen LogP contribution is 2.38. The van der Waals surface area contributed by atoms with E-state index in [1.807, 2.05) is 0 Å². The lowest BCUT2D eigenvalue weighted by Crippen LogP contribution is -2.42. The van der Waals surface area contributed by atoms with Gasteiger partial charge >= 0.3 is 5.97 Å². The molecule has 2 rings (SSSR count). The van der Waals surface area contributed by atoms with Crippen molar-refractivity contribution in [3.63, 3.8) is 0 Å². The Hall–Kier alpha value is -1.59. The summed E-state index contributed by atoms with van der Waals surface area (Å²) in [4.78, 5) is 34.8. The second-order valence-electron chi connectivity index (χ2n) is 6.28. The molecule has 1 unspecified atom stereocenters. The molecule has 3 N–H and O–H groups in total. The van der Waals surface area contributed by atoms with Gasteiger partial charge in [-0.05, 0) is 19.3 Å². The van der Waals surface area contributed by atoms with Crippen molar-refractivity contribution in [1.82, 2.24) is 10.6 Å². The fourth-order valence-corrected chi connectivity index (χ4v) is 3.31. The molecule has 1 heterocycles. The zero-order valence-corrected chi connectivity index (χ0v) is 12.3. The molecule has 6 nitrogen and oxygen atoms in total. The Morgan fingerprint density at radius 1 is 1.24 bits per heavy atom. The van der Waals surface area contributed by atoms with Gasteiger partial charge in [0.15, 0.2) is 0 Å². The van der Waals surface area contributed by atoms with Gasteiger partial charge in [0.2, 0.25) is 11.8 Å². The van der Waals surface area contributed by atoms with E-state index in [9.17, 15) is 19.5 Å². The number of rotatable bonds is 5. The first kappa shape index (κ1) is 15.8. The molecule has 2 fully saturated rings. The lowest BCUT2D eigenvalue weighted by atomic mass is 9.77. The molecule has 1 saturated carbocycles. The molecule has 1 aliphatic heterocycles. The van der Waals surface area contributed by atoms with Crippen molar-refractivity contribution in [2.24, 2.45) is 5.41 Å². The molecule has 1 aliphatic carbocycles. The van der Waals surface area contributed by atoms with E-state index in [0.29, 0.717) is 25.8 Å². The number of carbonyl (C=O) groups excluding carboxylic acids is 2. The van der Waals surface area contributed by atoms with Crippen molar-refractivity contribution in [3.8, 4) is 0 Å². The second kappa shape index (κ2) is 6.91. The lowest BCUT2D eigenvalue weighted by Gasteiger charge is -2.27. The highest BCUT2D eigenvalue weighted by atomic mass is 16.4. The third kappa shape index (κ3) is 4.19. The van der Waals surface area contributed by atoms with Crippen LogP contribution in [0.4, 0.5) is 0 Å². The van der Waals surface area contributed by atoms with Crippen molar-refractivity contribution in [2.75, 3.05) is 6.54 Å².